The fourth-order valence-electron chi connectivity index (χ4n) is 4.42. The van der Waals surface area contributed by atoms with Crippen LogP contribution in [0.4, 0.5) is 11.4 Å². The molecule has 0 bridgehead atoms. The number of hydrogen-bond donors (Lipinski definition) is 1. The molecule has 178 valence electrons. The number of amides is 2. The van der Waals surface area contributed by atoms with E-state index in [0.29, 0.717) is 12.2 Å². The van der Waals surface area contributed by atoms with Gasteiger partial charge in [-0.05, 0) is 43.3 Å². The van der Waals surface area contributed by atoms with E-state index in [4.69, 9.17) is 0 Å². The Bertz CT molecular complexity index is 1490. The summed E-state index contributed by atoms with van der Waals surface area (Å²) in [7, 11) is 3.46. The SMILES string of the molecule is Cc1ccc(N2C[C@@H](C(=O)Nc3cc4c(cc3Sc3ccccc3)n(C)c(=O)n4C)CC2=O)cc1. The molecule has 1 aromatic heterocycles. The summed E-state index contributed by atoms with van der Waals surface area (Å²) < 4.78 is 3.17. The van der Waals surface area contributed by atoms with Crippen LogP contribution in [0.15, 0.2) is 81.3 Å². The number of aromatic nitrogens is 2. The number of rotatable bonds is 5. The number of nitrogens with one attached hydrogen (secondary N) is 1. The summed E-state index contributed by atoms with van der Waals surface area (Å²) in [6.07, 6.45) is 0.160. The number of benzene rings is 3. The van der Waals surface area contributed by atoms with E-state index in [1.165, 1.54) is 11.8 Å². The van der Waals surface area contributed by atoms with Crippen molar-refractivity contribution in [2.75, 3.05) is 16.8 Å². The van der Waals surface area contributed by atoms with Gasteiger partial charge in [-0.15, -0.1) is 0 Å². The van der Waals surface area contributed by atoms with Crippen LogP contribution < -0.4 is 15.9 Å². The van der Waals surface area contributed by atoms with Crippen LogP contribution in [-0.4, -0.2) is 27.5 Å². The summed E-state index contributed by atoms with van der Waals surface area (Å²) in [4.78, 5) is 42.1. The van der Waals surface area contributed by atoms with Gasteiger partial charge in [0.15, 0.2) is 0 Å². The minimum Gasteiger partial charge on any atom is -0.325 e. The lowest BCUT2D eigenvalue weighted by Gasteiger charge is -2.17. The zero-order valence-corrected chi connectivity index (χ0v) is 20.6. The molecule has 7 nitrogen and oxygen atoms in total. The van der Waals surface area contributed by atoms with Crippen molar-refractivity contribution < 1.29 is 9.59 Å². The molecule has 0 unspecified atom stereocenters. The van der Waals surface area contributed by atoms with Gasteiger partial charge in [-0.1, -0.05) is 47.7 Å². The number of fused-ring (bicyclic) bond motifs is 1. The minimum atomic E-state index is -0.464. The van der Waals surface area contributed by atoms with Gasteiger partial charge in [-0.3, -0.25) is 18.7 Å². The van der Waals surface area contributed by atoms with Crippen molar-refractivity contribution in [1.29, 1.82) is 0 Å². The third kappa shape index (κ3) is 4.37. The monoisotopic (exact) mass is 486 g/mol. The maximum Gasteiger partial charge on any atom is 0.328 e. The number of imidazole rings is 1. The average Bonchev–Trinajstić information content (AvgIpc) is 3.34. The van der Waals surface area contributed by atoms with Gasteiger partial charge in [0.2, 0.25) is 11.8 Å². The largest absolute Gasteiger partial charge is 0.328 e. The number of aryl methyl sites for hydroxylation is 3. The smallest absolute Gasteiger partial charge is 0.325 e. The van der Waals surface area contributed by atoms with E-state index >= 15 is 0 Å². The van der Waals surface area contributed by atoms with E-state index in [1.807, 2.05) is 73.7 Å². The van der Waals surface area contributed by atoms with E-state index in [-0.39, 0.29) is 23.9 Å². The van der Waals surface area contributed by atoms with Crippen LogP contribution in [0.5, 0.6) is 0 Å². The predicted molar refractivity (Wildman–Crippen MR) is 139 cm³/mol. The normalized spacial score (nSPS) is 15.7. The Labute approximate surface area is 207 Å². The van der Waals surface area contributed by atoms with E-state index in [0.717, 1.165) is 32.1 Å². The first kappa shape index (κ1) is 23.0. The molecule has 8 heteroatoms. The van der Waals surface area contributed by atoms with E-state index < -0.39 is 5.92 Å². The minimum absolute atomic E-state index is 0.0613. The zero-order valence-electron chi connectivity index (χ0n) is 19.8. The van der Waals surface area contributed by atoms with E-state index in [2.05, 4.69) is 5.32 Å². The van der Waals surface area contributed by atoms with Crippen LogP contribution in [-0.2, 0) is 23.7 Å². The number of carbonyl (C=O) groups is 2. The molecule has 1 saturated heterocycles. The summed E-state index contributed by atoms with van der Waals surface area (Å²) in [5, 5.41) is 3.06. The van der Waals surface area contributed by atoms with Crippen molar-refractivity contribution >= 4 is 46.0 Å². The molecule has 0 radical (unpaired) electrons. The summed E-state index contributed by atoms with van der Waals surface area (Å²) >= 11 is 1.52. The van der Waals surface area contributed by atoms with Crippen LogP contribution in [0.25, 0.3) is 11.0 Å². The van der Waals surface area contributed by atoms with Crippen molar-refractivity contribution in [3.63, 3.8) is 0 Å². The maximum atomic E-state index is 13.3. The van der Waals surface area contributed by atoms with E-state index in [9.17, 15) is 14.4 Å². The molecule has 2 amide bonds. The van der Waals surface area contributed by atoms with Gasteiger partial charge < -0.3 is 10.2 Å². The average molecular weight is 487 g/mol. The van der Waals surface area contributed by atoms with Gasteiger partial charge in [0.1, 0.15) is 0 Å². The highest BCUT2D eigenvalue weighted by Crippen LogP contribution is 2.37. The van der Waals surface area contributed by atoms with Crippen molar-refractivity contribution in [2.45, 2.75) is 23.1 Å². The molecule has 4 aromatic rings. The number of anilines is 2. The number of carbonyl (C=O) groups excluding carboxylic acids is 2. The number of hydrogen-bond acceptors (Lipinski definition) is 4. The third-order valence-electron chi connectivity index (χ3n) is 6.44. The fourth-order valence-corrected chi connectivity index (χ4v) is 5.35. The molecule has 1 aliphatic heterocycles. The van der Waals surface area contributed by atoms with Crippen molar-refractivity contribution in [2.24, 2.45) is 20.0 Å². The fraction of sp³-hybridized carbons (Fsp3) is 0.222. The molecule has 1 fully saturated rings. The first-order valence-corrected chi connectivity index (χ1v) is 12.2. The molecule has 3 aromatic carbocycles. The summed E-state index contributed by atoms with van der Waals surface area (Å²) in [6.45, 7) is 2.33. The standard InChI is InChI=1S/C27H26N4O3S/c1-17-9-11-19(12-10-17)31-16-18(13-25(31)32)26(33)28-21-14-22-23(30(3)27(34)29(22)2)15-24(21)35-20-7-5-4-6-8-20/h4-12,14-15,18H,13,16H2,1-3H3,(H,28,33)/t18-/m0/s1. The van der Waals surface area contributed by atoms with Gasteiger partial charge in [0.05, 0.1) is 22.6 Å². The molecule has 2 heterocycles. The summed E-state index contributed by atoms with van der Waals surface area (Å²) in [5.41, 5.74) is 3.93. The topological polar surface area (TPSA) is 76.3 Å². The quantitative estimate of drug-likeness (QED) is 0.456. The molecular formula is C27H26N4O3S. The molecule has 35 heavy (non-hydrogen) atoms. The lowest BCUT2D eigenvalue weighted by Crippen LogP contribution is -2.28. The molecular weight excluding hydrogens is 460 g/mol. The molecule has 0 saturated carbocycles. The van der Waals surface area contributed by atoms with Gasteiger partial charge in [0.25, 0.3) is 0 Å². The number of nitrogens with zero attached hydrogens (tertiary/aromatic N) is 3. The Kier molecular flexibility index (Phi) is 5.98. The highest BCUT2D eigenvalue weighted by molar-refractivity contribution is 7.99. The lowest BCUT2D eigenvalue weighted by molar-refractivity contribution is -0.122. The highest BCUT2D eigenvalue weighted by atomic mass is 32.2. The maximum absolute atomic E-state index is 13.3. The van der Waals surface area contributed by atoms with Crippen LogP contribution >= 0.6 is 11.8 Å². The Morgan fingerprint density at radius 1 is 0.943 bits per heavy atom. The second-order valence-electron chi connectivity index (χ2n) is 8.88. The van der Waals surface area contributed by atoms with Gasteiger partial charge in [-0.2, -0.15) is 0 Å². The molecule has 1 N–H and O–H groups in total. The second kappa shape index (κ2) is 9.11. The predicted octanol–water partition coefficient (Wildman–Crippen LogP) is 4.33. The van der Waals surface area contributed by atoms with Gasteiger partial charge >= 0.3 is 5.69 Å². The first-order chi connectivity index (χ1) is 16.8. The van der Waals surface area contributed by atoms with Crippen LogP contribution in [0.2, 0.25) is 0 Å². The Morgan fingerprint density at radius 3 is 2.29 bits per heavy atom. The van der Waals surface area contributed by atoms with E-state index in [1.54, 1.807) is 28.1 Å². The molecule has 0 aliphatic carbocycles. The molecule has 0 spiro atoms. The van der Waals surface area contributed by atoms with Crippen LogP contribution in [0.1, 0.15) is 12.0 Å². The first-order valence-electron chi connectivity index (χ1n) is 11.4. The van der Waals surface area contributed by atoms with Crippen LogP contribution in [0, 0.1) is 12.8 Å². The third-order valence-corrected chi connectivity index (χ3v) is 7.51. The molecule has 1 atom stereocenters. The van der Waals surface area contributed by atoms with Gasteiger partial charge in [0, 0.05) is 42.5 Å². The molecule has 1 aliphatic rings. The van der Waals surface area contributed by atoms with Crippen molar-refractivity contribution in [1.82, 2.24) is 9.13 Å². The molecule has 5 rings (SSSR count). The Balaban J connectivity index is 1.45. The lowest BCUT2D eigenvalue weighted by atomic mass is 10.1. The second-order valence-corrected chi connectivity index (χ2v) is 10.00. The zero-order chi connectivity index (χ0) is 24.7. The Hall–Kier alpha value is -3.78. The summed E-state index contributed by atoms with van der Waals surface area (Å²) in [5.74, 6) is -0.731. The highest BCUT2D eigenvalue weighted by Gasteiger charge is 2.35. The van der Waals surface area contributed by atoms with Crippen molar-refractivity contribution in [3.05, 3.63) is 82.8 Å². The Morgan fingerprint density at radius 2 is 1.60 bits per heavy atom. The van der Waals surface area contributed by atoms with Gasteiger partial charge in [-0.25, -0.2) is 4.79 Å². The van der Waals surface area contributed by atoms with Crippen molar-refractivity contribution in [3.8, 4) is 0 Å². The summed E-state index contributed by atoms with van der Waals surface area (Å²) in [6, 6.07) is 21.4. The van der Waals surface area contributed by atoms with Crippen LogP contribution in [0.3, 0.4) is 0 Å².